The molecule has 0 heterocycles. The third kappa shape index (κ3) is 2.73. The molecule has 1 saturated carbocycles. The number of rotatable bonds is 3. The number of carbonyl (C=O) groups is 1. The van der Waals surface area contributed by atoms with E-state index in [1.54, 1.807) is 19.1 Å². The molecular weight excluding hydrogens is 204 g/mol. The van der Waals surface area contributed by atoms with Crippen LogP contribution in [0.25, 0.3) is 0 Å². The summed E-state index contributed by atoms with van der Waals surface area (Å²) >= 11 is 0. The maximum absolute atomic E-state index is 11.5. The summed E-state index contributed by atoms with van der Waals surface area (Å²) < 4.78 is 0. The van der Waals surface area contributed by atoms with Crippen LogP contribution in [-0.2, 0) is 0 Å². The molecule has 1 aliphatic rings. The predicted molar refractivity (Wildman–Crippen MR) is 62.3 cm³/mol. The Kier molecular flexibility index (Phi) is 3.10. The molecule has 4 heteroatoms. The zero-order valence-electron chi connectivity index (χ0n) is 9.23. The molecule has 16 heavy (non-hydrogen) atoms. The van der Waals surface area contributed by atoms with Crippen LogP contribution >= 0.6 is 0 Å². The van der Waals surface area contributed by atoms with Crippen molar-refractivity contribution in [2.45, 2.75) is 31.9 Å². The molecule has 0 saturated heterocycles. The fourth-order valence-electron chi connectivity index (χ4n) is 1.55. The number of amides is 2. The SMILES string of the molecule is CC(O)c1ccccc1NC(=O)NC1CC1. The lowest BCUT2D eigenvalue weighted by atomic mass is 10.1. The van der Waals surface area contributed by atoms with Gasteiger partial charge in [-0.05, 0) is 25.8 Å². The van der Waals surface area contributed by atoms with Gasteiger partial charge in [-0.1, -0.05) is 18.2 Å². The largest absolute Gasteiger partial charge is 0.389 e. The number of hydrogen-bond acceptors (Lipinski definition) is 2. The van der Waals surface area contributed by atoms with E-state index < -0.39 is 6.10 Å². The Morgan fingerprint density at radius 1 is 1.44 bits per heavy atom. The Morgan fingerprint density at radius 3 is 2.75 bits per heavy atom. The normalized spacial score (nSPS) is 16.6. The van der Waals surface area contributed by atoms with E-state index in [1.165, 1.54) is 0 Å². The van der Waals surface area contributed by atoms with Gasteiger partial charge in [0.25, 0.3) is 0 Å². The van der Waals surface area contributed by atoms with Gasteiger partial charge in [-0.25, -0.2) is 4.79 Å². The third-order valence-corrected chi connectivity index (χ3v) is 2.57. The zero-order valence-corrected chi connectivity index (χ0v) is 9.23. The van der Waals surface area contributed by atoms with E-state index in [9.17, 15) is 9.90 Å². The van der Waals surface area contributed by atoms with Crippen molar-refractivity contribution in [2.75, 3.05) is 5.32 Å². The summed E-state index contributed by atoms with van der Waals surface area (Å²) in [4.78, 5) is 11.5. The van der Waals surface area contributed by atoms with Crippen molar-refractivity contribution < 1.29 is 9.90 Å². The molecule has 0 radical (unpaired) electrons. The predicted octanol–water partition coefficient (Wildman–Crippen LogP) is 2.02. The third-order valence-electron chi connectivity index (χ3n) is 2.57. The Balaban J connectivity index is 2.04. The molecule has 86 valence electrons. The second-order valence-corrected chi connectivity index (χ2v) is 4.14. The zero-order chi connectivity index (χ0) is 11.5. The first-order valence-corrected chi connectivity index (χ1v) is 5.51. The minimum atomic E-state index is -0.586. The summed E-state index contributed by atoms with van der Waals surface area (Å²) in [6.45, 7) is 1.68. The Labute approximate surface area is 94.7 Å². The van der Waals surface area contributed by atoms with Crippen LogP contribution in [0.15, 0.2) is 24.3 Å². The molecule has 1 fully saturated rings. The number of nitrogens with one attached hydrogen (secondary N) is 2. The lowest BCUT2D eigenvalue weighted by molar-refractivity contribution is 0.200. The summed E-state index contributed by atoms with van der Waals surface area (Å²) in [6, 6.07) is 7.39. The number of hydrogen-bond donors (Lipinski definition) is 3. The molecule has 1 atom stereocenters. The molecule has 1 aromatic rings. The molecule has 0 aromatic heterocycles. The number of benzene rings is 1. The average molecular weight is 220 g/mol. The summed E-state index contributed by atoms with van der Waals surface area (Å²) in [5.74, 6) is 0. The number of carbonyl (C=O) groups excluding carboxylic acids is 1. The van der Waals surface area contributed by atoms with E-state index in [1.807, 2.05) is 12.1 Å². The monoisotopic (exact) mass is 220 g/mol. The Hall–Kier alpha value is -1.55. The van der Waals surface area contributed by atoms with Crippen LogP contribution in [0.3, 0.4) is 0 Å². The average Bonchev–Trinajstić information content (AvgIpc) is 3.02. The molecular formula is C12H16N2O2. The van der Waals surface area contributed by atoms with Crippen molar-refractivity contribution in [1.29, 1.82) is 0 Å². The topological polar surface area (TPSA) is 61.4 Å². The number of para-hydroxylation sites is 1. The van der Waals surface area contributed by atoms with E-state index in [0.717, 1.165) is 18.4 Å². The van der Waals surface area contributed by atoms with Crippen molar-refractivity contribution in [3.63, 3.8) is 0 Å². The smallest absolute Gasteiger partial charge is 0.319 e. The molecule has 1 unspecified atom stereocenters. The molecule has 1 aliphatic carbocycles. The van der Waals surface area contributed by atoms with Crippen LogP contribution in [0.5, 0.6) is 0 Å². The van der Waals surface area contributed by atoms with Gasteiger partial charge < -0.3 is 15.7 Å². The van der Waals surface area contributed by atoms with Gasteiger partial charge in [0.2, 0.25) is 0 Å². The van der Waals surface area contributed by atoms with E-state index in [-0.39, 0.29) is 6.03 Å². The molecule has 2 amide bonds. The van der Waals surface area contributed by atoms with Gasteiger partial charge in [-0.3, -0.25) is 0 Å². The molecule has 0 spiro atoms. The first kappa shape index (κ1) is 11.0. The van der Waals surface area contributed by atoms with Crippen LogP contribution in [-0.4, -0.2) is 17.2 Å². The van der Waals surface area contributed by atoms with Crippen molar-refractivity contribution >= 4 is 11.7 Å². The lowest BCUT2D eigenvalue weighted by Gasteiger charge is -2.13. The number of urea groups is 1. The van der Waals surface area contributed by atoms with Crippen molar-refractivity contribution in [1.82, 2.24) is 5.32 Å². The Morgan fingerprint density at radius 2 is 2.12 bits per heavy atom. The number of anilines is 1. The molecule has 3 N–H and O–H groups in total. The van der Waals surface area contributed by atoms with Crippen LogP contribution in [0.4, 0.5) is 10.5 Å². The minimum Gasteiger partial charge on any atom is -0.389 e. The van der Waals surface area contributed by atoms with Crippen LogP contribution < -0.4 is 10.6 Å². The second kappa shape index (κ2) is 4.53. The maximum atomic E-state index is 11.5. The van der Waals surface area contributed by atoms with E-state index in [0.29, 0.717) is 11.7 Å². The second-order valence-electron chi connectivity index (χ2n) is 4.14. The maximum Gasteiger partial charge on any atom is 0.319 e. The molecule has 4 nitrogen and oxygen atoms in total. The van der Waals surface area contributed by atoms with Gasteiger partial charge in [0, 0.05) is 17.3 Å². The van der Waals surface area contributed by atoms with Crippen molar-refractivity contribution in [3.05, 3.63) is 29.8 Å². The van der Waals surface area contributed by atoms with Gasteiger partial charge in [-0.2, -0.15) is 0 Å². The Bertz CT molecular complexity index is 386. The van der Waals surface area contributed by atoms with Crippen LogP contribution in [0.2, 0.25) is 0 Å². The summed E-state index contributed by atoms with van der Waals surface area (Å²) in [5, 5.41) is 15.1. The minimum absolute atomic E-state index is 0.199. The molecule has 1 aromatic carbocycles. The van der Waals surface area contributed by atoms with Gasteiger partial charge in [0.05, 0.1) is 6.10 Å². The number of aliphatic hydroxyl groups is 1. The quantitative estimate of drug-likeness (QED) is 0.729. The summed E-state index contributed by atoms with van der Waals surface area (Å²) in [6.07, 6.45) is 1.54. The highest BCUT2D eigenvalue weighted by Gasteiger charge is 2.23. The van der Waals surface area contributed by atoms with Crippen LogP contribution in [0.1, 0.15) is 31.4 Å². The highest BCUT2D eigenvalue weighted by Crippen LogP contribution is 2.23. The van der Waals surface area contributed by atoms with Gasteiger partial charge >= 0.3 is 6.03 Å². The highest BCUT2D eigenvalue weighted by atomic mass is 16.3. The first-order valence-electron chi connectivity index (χ1n) is 5.51. The fourth-order valence-corrected chi connectivity index (χ4v) is 1.55. The fraction of sp³-hybridized carbons (Fsp3) is 0.417. The van der Waals surface area contributed by atoms with E-state index in [2.05, 4.69) is 10.6 Å². The van der Waals surface area contributed by atoms with Crippen molar-refractivity contribution in [2.24, 2.45) is 0 Å². The lowest BCUT2D eigenvalue weighted by Crippen LogP contribution is -2.30. The van der Waals surface area contributed by atoms with Gasteiger partial charge in [0.1, 0.15) is 0 Å². The summed E-state index contributed by atoms with van der Waals surface area (Å²) in [7, 11) is 0. The molecule has 0 bridgehead atoms. The number of aliphatic hydroxyl groups excluding tert-OH is 1. The van der Waals surface area contributed by atoms with E-state index >= 15 is 0 Å². The summed E-state index contributed by atoms with van der Waals surface area (Å²) in [5.41, 5.74) is 1.39. The van der Waals surface area contributed by atoms with Crippen molar-refractivity contribution in [3.8, 4) is 0 Å². The highest BCUT2D eigenvalue weighted by molar-refractivity contribution is 5.90. The van der Waals surface area contributed by atoms with Gasteiger partial charge in [-0.15, -0.1) is 0 Å². The van der Waals surface area contributed by atoms with Crippen LogP contribution in [0, 0.1) is 0 Å². The first-order chi connectivity index (χ1) is 7.66. The standard InChI is InChI=1S/C12H16N2O2/c1-8(15)10-4-2-3-5-11(10)14-12(16)13-9-6-7-9/h2-5,8-9,15H,6-7H2,1H3,(H2,13,14,16). The molecule has 2 rings (SSSR count). The van der Waals surface area contributed by atoms with E-state index in [4.69, 9.17) is 0 Å². The van der Waals surface area contributed by atoms with Gasteiger partial charge in [0.15, 0.2) is 0 Å². The molecule has 0 aliphatic heterocycles.